The van der Waals surface area contributed by atoms with Crippen LogP contribution in [0.1, 0.15) is 20.3 Å². The average molecular weight is 334 g/mol. The highest BCUT2D eigenvalue weighted by atomic mass is 32.2. The van der Waals surface area contributed by atoms with Crippen LogP contribution in [0.4, 0.5) is 0 Å². The van der Waals surface area contributed by atoms with E-state index in [9.17, 15) is 9.59 Å². The van der Waals surface area contributed by atoms with Crippen molar-refractivity contribution < 1.29 is 19.4 Å². The fraction of sp³-hybridized carbons (Fsp3) is 0.444. The molecule has 0 heterocycles. The number of carbonyl (C=O) groups excluding carboxylic acids is 2. The number of hydrogen-bond acceptors (Lipinski definition) is 5. The summed E-state index contributed by atoms with van der Waals surface area (Å²) >= 11 is 1.47. The van der Waals surface area contributed by atoms with Crippen molar-refractivity contribution in [2.45, 2.75) is 25.2 Å². The summed E-state index contributed by atoms with van der Waals surface area (Å²) in [5.41, 5.74) is 0.732. The summed E-state index contributed by atoms with van der Waals surface area (Å²) in [6.07, 6.45) is -0.0560. The summed E-state index contributed by atoms with van der Waals surface area (Å²) < 4.78 is 5.39. The molecule has 1 atom stereocenters. The van der Waals surface area contributed by atoms with E-state index in [2.05, 4.69) is 0 Å². The molecule has 1 unspecified atom stereocenters. The maximum absolute atomic E-state index is 12.4. The Balaban J connectivity index is 2.36. The van der Waals surface area contributed by atoms with Crippen molar-refractivity contribution in [1.82, 2.24) is 0 Å². The van der Waals surface area contributed by atoms with Crippen molar-refractivity contribution in [2.75, 3.05) is 19.8 Å². The number of allylic oxidation sites excluding steroid dienone is 1. The van der Waals surface area contributed by atoms with Crippen LogP contribution in [-0.4, -0.2) is 36.5 Å². The van der Waals surface area contributed by atoms with Crippen LogP contribution in [0, 0.1) is 11.8 Å². The third kappa shape index (κ3) is 4.53. The van der Waals surface area contributed by atoms with E-state index in [0.29, 0.717) is 0 Å². The summed E-state index contributed by atoms with van der Waals surface area (Å²) in [7, 11) is 0. The summed E-state index contributed by atoms with van der Waals surface area (Å²) in [4.78, 5) is 26.5. The molecule has 0 radical (unpaired) electrons. The molecule has 0 saturated carbocycles. The molecule has 0 amide bonds. The van der Waals surface area contributed by atoms with Crippen LogP contribution in [0.2, 0.25) is 0 Å². The van der Waals surface area contributed by atoms with E-state index >= 15 is 0 Å². The lowest BCUT2D eigenvalue weighted by molar-refractivity contribution is -0.129. The van der Waals surface area contributed by atoms with Crippen molar-refractivity contribution >= 4 is 23.3 Å². The first-order valence-corrected chi connectivity index (χ1v) is 8.57. The quantitative estimate of drug-likeness (QED) is 0.614. The molecule has 23 heavy (non-hydrogen) atoms. The molecule has 1 aliphatic carbocycles. The predicted octanol–water partition coefficient (Wildman–Crippen LogP) is 2.86. The van der Waals surface area contributed by atoms with E-state index in [1.54, 1.807) is 0 Å². The Morgan fingerprint density at radius 2 is 1.96 bits per heavy atom. The zero-order valence-electron chi connectivity index (χ0n) is 13.5. The van der Waals surface area contributed by atoms with Gasteiger partial charge in [-0.05, 0) is 18.1 Å². The second-order valence-electron chi connectivity index (χ2n) is 5.77. The van der Waals surface area contributed by atoms with Crippen molar-refractivity contribution in [3.05, 3.63) is 40.8 Å². The molecule has 0 saturated heterocycles. The summed E-state index contributed by atoms with van der Waals surface area (Å²) in [6.45, 7) is 4.26. The Morgan fingerprint density at radius 1 is 1.26 bits per heavy atom. The number of Topliss-reactive ketones (excluding diaryl/α,β-unsaturated/α-hetero) is 2. The highest BCUT2D eigenvalue weighted by molar-refractivity contribution is 8.03. The first-order valence-electron chi connectivity index (χ1n) is 7.76. The van der Waals surface area contributed by atoms with E-state index in [1.165, 1.54) is 11.8 Å². The molecular weight excluding hydrogens is 312 g/mol. The Kier molecular flexibility index (Phi) is 6.57. The smallest absolute Gasteiger partial charge is 0.167 e. The largest absolute Gasteiger partial charge is 0.394 e. The van der Waals surface area contributed by atoms with Gasteiger partial charge >= 0.3 is 0 Å². The third-order valence-corrected chi connectivity index (χ3v) is 4.91. The lowest BCUT2D eigenvalue weighted by Crippen LogP contribution is -2.32. The minimum atomic E-state index is -0.429. The molecule has 1 aromatic rings. The predicted molar refractivity (Wildman–Crippen MR) is 90.2 cm³/mol. The molecular formula is C18H22O4S. The summed E-state index contributed by atoms with van der Waals surface area (Å²) in [5.74, 6) is -0.554. The molecule has 4 nitrogen and oxygen atoms in total. The van der Waals surface area contributed by atoms with E-state index in [1.807, 2.05) is 44.2 Å². The van der Waals surface area contributed by atoms with Gasteiger partial charge in [0.2, 0.25) is 0 Å². The van der Waals surface area contributed by atoms with Gasteiger partial charge < -0.3 is 9.84 Å². The van der Waals surface area contributed by atoms with Gasteiger partial charge in [0.15, 0.2) is 11.6 Å². The molecule has 0 spiro atoms. The molecule has 0 aromatic heterocycles. The van der Waals surface area contributed by atoms with E-state index < -0.39 is 5.92 Å². The molecule has 5 heteroatoms. The van der Waals surface area contributed by atoms with Gasteiger partial charge in [0.05, 0.1) is 32.2 Å². The van der Waals surface area contributed by atoms with Crippen LogP contribution in [0.15, 0.2) is 45.7 Å². The Bertz CT molecular complexity index is 592. The molecule has 124 valence electrons. The van der Waals surface area contributed by atoms with Crippen LogP contribution in [0.25, 0.3) is 0 Å². The van der Waals surface area contributed by atoms with Crippen LogP contribution >= 0.6 is 11.8 Å². The minimum absolute atomic E-state index is 0.0560. The standard InChI is InChI=1S/C18H22O4S/c1-12(2)17-16(21)10-15(20)14(11-22-9-8-19)18(17)23-13-6-4-3-5-7-13/h3-7,12,14,19H,8-11H2,1-2H3. The number of ether oxygens (including phenoxy) is 1. The second-order valence-corrected chi connectivity index (χ2v) is 6.88. The number of carbonyl (C=O) groups is 2. The molecule has 0 bridgehead atoms. The van der Waals surface area contributed by atoms with Gasteiger partial charge in [-0.1, -0.05) is 43.8 Å². The van der Waals surface area contributed by atoms with Crippen molar-refractivity contribution in [1.29, 1.82) is 0 Å². The number of aliphatic hydroxyl groups is 1. The lowest BCUT2D eigenvalue weighted by atomic mass is 9.83. The number of benzene rings is 1. The molecule has 1 aromatic carbocycles. The number of rotatable bonds is 7. The lowest BCUT2D eigenvalue weighted by Gasteiger charge is -2.28. The highest BCUT2D eigenvalue weighted by Gasteiger charge is 2.36. The van der Waals surface area contributed by atoms with Crippen LogP contribution in [-0.2, 0) is 14.3 Å². The van der Waals surface area contributed by atoms with Gasteiger partial charge in [-0.2, -0.15) is 0 Å². The first kappa shape index (κ1) is 17.9. The zero-order valence-corrected chi connectivity index (χ0v) is 14.3. The topological polar surface area (TPSA) is 63.6 Å². The second kappa shape index (κ2) is 8.43. The fourth-order valence-electron chi connectivity index (χ4n) is 2.63. The average Bonchev–Trinajstić information content (AvgIpc) is 2.50. The Hall–Kier alpha value is -1.43. The summed E-state index contributed by atoms with van der Waals surface area (Å²) in [6, 6.07) is 9.72. The number of ketones is 2. The van der Waals surface area contributed by atoms with Gasteiger partial charge in [0.25, 0.3) is 0 Å². The van der Waals surface area contributed by atoms with E-state index in [4.69, 9.17) is 9.84 Å². The van der Waals surface area contributed by atoms with Crippen molar-refractivity contribution in [3.8, 4) is 0 Å². The summed E-state index contributed by atoms with van der Waals surface area (Å²) in [5, 5.41) is 8.86. The van der Waals surface area contributed by atoms with Gasteiger partial charge in [-0.15, -0.1) is 0 Å². The van der Waals surface area contributed by atoms with E-state index in [0.717, 1.165) is 15.4 Å². The van der Waals surface area contributed by atoms with Gasteiger partial charge in [0, 0.05) is 15.4 Å². The first-order chi connectivity index (χ1) is 11.0. The number of thioether (sulfide) groups is 1. The minimum Gasteiger partial charge on any atom is -0.394 e. The van der Waals surface area contributed by atoms with Crippen LogP contribution in [0.3, 0.4) is 0 Å². The maximum Gasteiger partial charge on any atom is 0.167 e. The van der Waals surface area contributed by atoms with Crippen molar-refractivity contribution in [3.63, 3.8) is 0 Å². The normalized spacial score (nSPS) is 18.9. The van der Waals surface area contributed by atoms with Crippen molar-refractivity contribution in [2.24, 2.45) is 11.8 Å². The number of hydrogen-bond donors (Lipinski definition) is 1. The maximum atomic E-state index is 12.4. The zero-order chi connectivity index (χ0) is 16.8. The van der Waals surface area contributed by atoms with Gasteiger partial charge in [0.1, 0.15) is 0 Å². The highest BCUT2D eigenvalue weighted by Crippen LogP contribution is 2.41. The molecule has 0 fully saturated rings. The molecule has 2 rings (SSSR count). The Morgan fingerprint density at radius 3 is 2.57 bits per heavy atom. The van der Waals surface area contributed by atoms with Gasteiger partial charge in [-0.25, -0.2) is 0 Å². The Labute approximate surface area is 140 Å². The molecule has 0 aliphatic heterocycles. The van der Waals surface area contributed by atoms with Gasteiger partial charge in [-0.3, -0.25) is 9.59 Å². The monoisotopic (exact) mass is 334 g/mol. The fourth-order valence-corrected chi connectivity index (χ4v) is 3.98. The SMILES string of the molecule is CC(C)C1=C(Sc2ccccc2)C(COCCO)C(=O)CC1=O. The van der Waals surface area contributed by atoms with Crippen LogP contribution < -0.4 is 0 Å². The molecule has 1 N–H and O–H groups in total. The van der Waals surface area contributed by atoms with Crippen LogP contribution in [0.5, 0.6) is 0 Å². The third-order valence-electron chi connectivity index (χ3n) is 3.67. The van der Waals surface area contributed by atoms with E-state index in [-0.39, 0.29) is 43.7 Å². The number of aliphatic hydroxyl groups excluding tert-OH is 1. The molecule has 1 aliphatic rings.